The average molecular weight is 596 g/mol. The number of carbonyl (C=O) groups excluding carboxylic acids is 3. The molecule has 43 heavy (non-hydrogen) atoms. The SMILES string of the molecule is CNC(=O)c1nnc(NC(=O)C2CC2)cc1Nc1cccc(C2=CC=C(C(=O)N(C)CC3CCCC3(F)F)NC2)c1OC. The van der Waals surface area contributed by atoms with Crippen molar-refractivity contribution in [3.05, 3.63) is 53.4 Å². The van der Waals surface area contributed by atoms with Crippen LogP contribution in [0.4, 0.5) is 26.0 Å². The molecule has 1 atom stereocenters. The summed E-state index contributed by atoms with van der Waals surface area (Å²) in [5, 5.41) is 19.6. The van der Waals surface area contributed by atoms with Crippen molar-refractivity contribution in [2.75, 3.05) is 44.9 Å². The molecule has 1 aromatic heterocycles. The molecule has 1 aromatic carbocycles. The van der Waals surface area contributed by atoms with Crippen molar-refractivity contribution in [2.24, 2.45) is 11.8 Å². The molecule has 2 heterocycles. The zero-order valence-electron chi connectivity index (χ0n) is 24.3. The van der Waals surface area contributed by atoms with Crippen LogP contribution < -0.4 is 26.0 Å². The van der Waals surface area contributed by atoms with Crippen LogP contribution in [0, 0.1) is 11.8 Å². The fraction of sp³-hybridized carbons (Fsp3) is 0.433. The number of nitrogens with zero attached hydrogens (tertiary/aromatic N) is 3. The van der Waals surface area contributed by atoms with Crippen LogP contribution in [-0.2, 0) is 9.59 Å². The Labute approximate surface area is 248 Å². The Kier molecular flexibility index (Phi) is 8.60. The minimum Gasteiger partial charge on any atom is -0.494 e. The summed E-state index contributed by atoms with van der Waals surface area (Å²) in [7, 11) is 4.54. The van der Waals surface area contributed by atoms with Crippen LogP contribution in [0.25, 0.3) is 5.57 Å². The predicted octanol–water partition coefficient (Wildman–Crippen LogP) is 3.70. The highest BCUT2D eigenvalue weighted by Gasteiger charge is 2.44. The molecule has 4 N–H and O–H groups in total. The van der Waals surface area contributed by atoms with E-state index in [1.165, 1.54) is 19.1 Å². The largest absolute Gasteiger partial charge is 0.494 e. The average Bonchev–Trinajstić information content (AvgIpc) is 3.81. The molecule has 13 heteroatoms. The summed E-state index contributed by atoms with van der Waals surface area (Å²) >= 11 is 0. The van der Waals surface area contributed by atoms with Crippen molar-refractivity contribution in [3.8, 4) is 5.75 Å². The highest BCUT2D eigenvalue weighted by atomic mass is 19.3. The number of carbonyl (C=O) groups is 3. The number of hydrogen-bond acceptors (Lipinski definition) is 8. The van der Waals surface area contributed by atoms with Crippen LogP contribution >= 0.6 is 0 Å². The van der Waals surface area contributed by atoms with Gasteiger partial charge in [-0.3, -0.25) is 14.4 Å². The first-order chi connectivity index (χ1) is 20.6. The van der Waals surface area contributed by atoms with Gasteiger partial charge in [-0.15, -0.1) is 10.2 Å². The number of allylic oxidation sites excluding steroid dienone is 2. The van der Waals surface area contributed by atoms with Gasteiger partial charge in [-0.2, -0.15) is 0 Å². The van der Waals surface area contributed by atoms with Crippen molar-refractivity contribution in [2.45, 2.75) is 38.0 Å². The Bertz CT molecular complexity index is 1490. The molecule has 0 bridgehead atoms. The van der Waals surface area contributed by atoms with Crippen LogP contribution in [0.3, 0.4) is 0 Å². The summed E-state index contributed by atoms with van der Waals surface area (Å²) in [6.45, 7) is 0.291. The molecule has 0 radical (unpaired) electrons. The molecule has 228 valence electrons. The van der Waals surface area contributed by atoms with Crippen molar-refractivity contribution in [1.82, 2.24) is 25.7 Å². The molecular weight excluding hydrogens is 560 g/mol. The van der Waals surface area contributed by atoms with Crippen LogP contribution in [-0.4, -0.2) is 73.0 Å². The van der Waals surface area contributed by atoms with Crippen LogP contribution in [0.1, 0.15) is 48.2 Å². The summed E-state index contributed by atoms with van der Waals surface area (Å²) in [4.78, 5) is 39.1. The lowest BCUT2D eigenvalue weighted by Crippen LogP contribution is -2.40. The normalized spacial score (nSPS) is 19.0. The molecule has 2 fully saturated rings. The monoisotopic (exact) mass is 595 g/mol. The zero-order chi connectivity index (χ0) is 30.7. The first kappa shape index (κ1) is 29.9. The highest BCUT2D eigenvalue weighted by Crippen LogP contribution is 2.41. The smallest absolute Gasteiger partial charge is 0.273 e. The number of alkyl halides is 2. The van der Waals surface area contributed by atoms with Gasteiger partial charge in [0.2, 0.25) is 5.91 Å². The molecule has 11 nitrogen and oxygen atoms in total. The number of rotatable bonds is 10. The Morgan fingerprint density at radius 2 is 1.93 bits per heavy atom. The maximum atomic E-state index is 14.1. The molecule has 5 rings (SSSR count). The summed E-state index contributed by atoms with van der Waals surface area (Å²) in [5.74, 6) is -3.88. The number of dihydropyridines is 1. The third-order valence-corrected chi connectivity index (χ3v) is 7.92. The van der Waals surface area contributed by atoms with E-state index in [4.69, 9.17) is 4.74 Å². The standard InChI is InChI=1S/C30H35F2N7O4/c1-33-28(41)25-23(14-24(37-38-25)36-27(40)17-9-10-17)35-21-8-4-7-20(26(21)43-3)18-11-12-22(34-15-18)29(42)39(2)16-19-6-5-13-30(19,31)32/h4,7-8,11-12,14,17,19,34H,5-6,9-10,13,15-16H2,1-3H3,(H,33,41)(H2,35,36,37,40). The van der Waals surface area contributed by atoms with E-state index in [0.717, 1.165) is 24.0 Å². The van der Waals surface area contributed by atoms with Gasteiger partial charge in [-0.1, -0.05) is 18.2 Å². The van der Waals surface area contributed by atoms with Gasteiger partial charge in [0, 0.05) is 57.1 Å². The number of para-hydroxylation sites is 1. The van der Waals surface area contributed by atoms with Crippen molar-refractivity contribution in [3.63, 3.8) is 0 Å². The Balaban J connectivity index is 1.36. The molecule has 2 aliphatic carbocycles. The summed E-state index contributed by atoms with van der Waals surface area (Å²) in [6.07, 6.45) is 5.82. The number of methoxy groups -OCH3 is 1. The third kappa shape index (κ3) is 6.60. The van der Waals surface area contributed by atoms with E-state index < -0.39 is 17.7 Å². The molecule has 0 saturated heterocycles. The minimum atomic E-state index is -2.74. The maximum Gasteiger partial charge on any atom is 0.273 e. The van der Waals surface area contributed by atoms with Gasteiger partial charge in [0.05, 0.1) is 18.5 Å². The lowest BCUT2D eigenvalue weighted by molar-refractivity contribution is -0.128. The van der Waals surface area contributed by atoms with Gasteiger partial charge >= 0.3 is 0 Å². The Morgan fingerprint density at radius 3 is 2.56 bits per heavy atom. The molecule has 2 saturated carbocycles. The lowest BCUT2D eigenvalue weighted by atomic mass is 10.00. The van der Waals surface area contributed by atoms with Gasteiger partial charge in [-0.05, 0) is 43.4 Å². The fourth-order valence-corrected chi connectivity index (χ4v) is 5.33. The molecule has 1 aliphatic heterocycles. The maximum absolute atomic E-state index is 14.1. The van der Waals surface area contributed by atoms with E-state index in [0.29, 0.717) is 42.2 Å². The molecule has 2 aromatic rings. The van der Waals surface area contributed by atoms with Gasteiger partial charge in [0.1, 0.15) is 11.4 Å². The predicted molar refractivity (Wildman–Crippen MR) is 157 cm³/mol. The number of anilines is 3. The second-order valence-corrected chi connectivity index (χ2v) is 11.0. The number of hydrogen-bond donors (Lipinski definition) is 4. The number of ether oxygens (including phenoxy) is 1. The van der Waals surface area contributed by atoms with Crippen molar-refractivity contribution < 1.29 is 27.9 Å². The van der Waals surface area contributed by atoms with Crippen molar-refractivity contribution >= 4 is 40.5 Å². The van der Waals surface area contributed by atoms with E-state index in [1.807, 2.05) is 12.1 Å². The van der Waals surface area contributed by atoms with Crippen LogP contribution in [0.15, 0.2) is 42.1 Å². The number of benzene rings is 1. The number of amides is 3. The summed E-state index contributed by atoms with van der Waals surface area (Å²) in [6, 6.07) is 6.99. The van der Waals surface area contributed by atoms with Crippen LogP contribution in [0.5, 0.6) is 5.75 Å². The second kappa shape index (κ2) is 12.4. The highest BCUT2D eigenvalue weighted by molar-refractivity contribution is 6.00. The number of aromatic nitrogens is 2. The molecular formula is C30H35F2N7O4. The van der Waals surface area contributed by atoms with Gasteiger partial charge < -0.3 is 30.9 Å². The zero-order valence-corrected chi connectivity index (χ0v) is 24.3. The van der Waals surface area contributed by atoms with E-state index in [1.54, 1.807) is 31.3 Å². The van der Waals surface area contributed by atoms with Gasteiger partial charge in [0.25, 0.3) is 17.7 Å². The number of nitrogens with one attached hydrogen (secondary N) is 4. The first-order valence-corrected chi connectivity index (χ1v) is 14.2. The first-order valence-electron chi connectivity index (χ1n) is 14.2. The number of halogens is 2. The molecule has 3 aliphatic rings. The minimum absolute atomic E-state index is 0.00313. The molecule has 1 unspecified atom stereocenters. The molecule has 3 amide bonds. The lowest BCUT2D eigenvalue weighted by Gasteiger charge is -2.27. The van der Waals surface area contributed by atoms with Crippen LogP contribution in [0.2, 0.25) is 0 Å². The van der Waals surface area contributed by atoms with E-state index >= 15 is 0 Å². The fourth-order valence-electron chi connectivity index (χ4n) is 5.33. The summed E-state index contributed by atoms with van der Waals surface area (Å²) in [5.41, 5.74) is 2.74. The van der Waals surface area contributed by atoms with E-state index in [2.05, 4.69) is 31.5 Å². The van der Waals surface area contributed by atoms with Gasteiger partial charge in [-0.25, -0.2) is 8.78 Å². The quantitative estimate of drug-likeness (QED) is 0.326. The molecule has 0 spiro atoms. The van der Waals surface area contributed by atoms with Crippen molar-refractivity contribution in [1.29, 1.82) is 0 Å². The third-order valence-electron chi connectivity index (χ3n) is 7.92. The summed E-state index contributed by atoms with van der Waals surface area (Å²) < 4.78 is 34.0. The topological polar surface area (TPSA) is 138 Å². The number of likely N-dealkylation sites (N-methyl/N-ethyl adjacent to an activating group) is 1. The Morgan fingerprint density at radius 1 is 1.14 bits per heavy atom. The Hall–Kier alpha value is -4.55. The second-order valence-electron chi connectivity index (χ2n) is 11.0. The van der Waals surface area contributed by atoms with Gasteiger partial charge in [0.15, 0.2) is 11.5 Å². The van der Waals surface area contributed by atoms with E-state index in [-0.39, 0.29) is 42.2 Å². The van der Waals surface area contributed by atoms with E-state index in [9.17, 15) is 23.2 Å².